The van der Waals surface area contributed by atoms with E-state index in [-0.39, 0.29) is 5.78 Å². The second-order valence-corrected chi connectivity index (χ2v) is 9.71. The van der Waals surface area contributed by atoms with E-state index in [4.69, 9.17) is 0 Å². The molecule has 3 aromatic carbocycles. The van der Waals surface area contributed by atoms with Crippen molar-refractivity contribution in [2.75, 3.05) is 36.0 Å². The normalized spacial score (nSPS) is 17.8. The Kier molecular flexibility index (Phi) is 9.00. The summed E-state index contributed by atoms with van der Waals surface area (Å²) in [5.41, 5.74) is 7.67. The Bertz CT molecular complexity index is 1140. The summed E-state index contributed by atoms with van der Waals surface area (Å²) in [6, 6.07) is 27.8. The maximum absolute atomic E-state index is 13.7. The number of nitrogens with zero attached hydrogens (tertiary/aromatic N) is 2. The lowest BCUT2D eigenvalue weighted by Crippen LogP contribution is -2.21. The van der Waals surface area contributed by atoms with E-state index in [0.29, 0.717) is 5.92 Å². The van der Waals surface area contributed by atoms with Gasteiger partial charge in [-0.25, -0.2) is 0 Å². The average Bonchev–Trinajstić information content (AvgIpc) is 2.94. The molecule has 0 aromatic heterocycles. The highest BCUT2D eigenvalue weighted by Gasteiger charge is 2.28. The number of allylic oxidation sites excluding steroid dienone is 2. The SMILES string of the molecule is CCN(CC)c1ccc(/C=C2/CC(c3ccccc3)C/C(=C\c3ccc(N(CC)CC)cc3)C2=O)cc1. The lowest BCUT2D eigenvalue weighted by Gasteiger charge is -2.26. The van der Waals surface area contributed by atoms with Crippen molar-refractivity contribution in [1.82, 2.24) is 0 Å². The summed E-state index contributed by atoms with van der Waals surface area (Å²) in [5, 5.41) is 0. The van der Waals surface area contributed by atoms with Crippen LogP contribution < -0.4 is 9.80 Å². The molecule has 0 amide bonds. The van der Waals surface area contributed by atoms with Crippen molar-refractivity contribution in [3.8, 4) is 0 Å². The molecule has 1 aliphatic rings. The number of ketones is 1. The van der Waals surface area contributed by atoms with Crippen LogP contribution in [0.15, 0.2) is 90.0 Å². The van der Waals surface area contributed by atoms with Crippen LogP contribution in [0.5, 0.6) is 0 Å². The van der Waals surface area contributed by atoms with Gasteiger partial charge in [-0.3, -0.25) is 4.79 Å². The van der Waals surface area contributed by atoms with Gasteiger partial charge in [0.05, 0.1) is 0 Å². The van der Waals surface area contributed by atoms with Crippen LogP contribution in [-0.2, 0) is 4.79 Å². The minimum absolute atomic E-state index is 0.174. The molecule has 0 saturated heterocycles. The highest BCUT2D eigenvalue weighted by molar-refractivity contribution is 6.14. The quantitative estimate of drug-likeness (QED) is 0.283. The fourth-order valence-corrected chi connectivity index (χ4v) is 5.35. The molecule has 4 rings (SSSR count). The lowest BCUT2D eigenvalue weighted by molar-refractivity contribution is -0.113. The molecular formula is C34H40N2O. The van der Waals surface area contributed by atoms with E-state index in [0.717, 1.165) is 61.3 Å². The molecule has 0 heterocycles. The summed E-state index contributed by atoms with van der Waals surface area (Å²) in [6.07, 6.45) is 5.72. The molecule has 1 aliphatic carbocycles. The molecule has 1 saturated carbocycles. The van der Waals surface area contributed by atoms with E-state index in [2.05, 4.69) is 129 Å². The Labute approximate surface area is 223 Å². The van der Waals surface area contributed by atoms with E-state index in [1.165, 1.54) is 16.9 Å². The number of carbonyl (C=O) groups is 1. The van der Waals surface area contributed by atoms with Gasteiger partial charge in [-0.05, 0) is 99.6 Å². The van der Waals surface area contributed by atoms with Crippen LogP contribution in [0.1, 0.15) is 63.1 Å². The van der Waals surface area contributed by atoms with Crippen molar-refractivity contribution < 1.29 is 4.79 Å². The first kappa shape index (κ1) is 26.5. The molecule has 0 N–H and O–H groups in total. The number of carbonyl (C=O) groups excluding carboxylic acids is 1. The minimum atomic E-state index is 0.174. The highest BCUT2D eigenvalue weighted by Crippen LogP contribution is 2.38. The van der Waals surface area contributed by atoms with Gasteiger partial charge in [0, 0.05) is 48.7 Å². The van der Waals surface area contributed by atoms with Crippen molar-refractivity contribution in [3.63, 3.8) is 0 Å². The van der Waals surface area contributed by atoms with Gasteiger partial charge in [0.1, 0.15) is 0 Å². The number of rotatable bonds is 9. The second-order valence-electron chi connectivity index (χ2n) is 9.71. The van der Waals surface area contributed by atoms with Gasteiger partial charge < -0.3 is 9.80 Å². The molecule has 0 spiro atoms. The summed E-state index contributed by atoms with van der Waals surface area (Å²) >= 11 is 0. The first-order valence-corrected chi connectivity index (χ1v) is 13.8. The molecule has 0 bridgehead atoms. The first-order chi connectivity index (χ1) is 18.1. The maximum atomic E-state index is 13.7. The van der Waals surface area contributed by atoms with Crippen LogP contribution in [0.25, 0.3) is 12.2 Å². The van der Waals surface area contributed by atoms with E-state index in [1.807, 2.05) is 0 Å². The molecule has 1 unspecified atom stereocenters. The molecule has 3 aromatic rings. The first-order valence-electron chi connectivity index (χ1n) is 13.8. The molecule has 0 aliphatic heterocycles. The van der Waals surface area contributed by atoms with E-state index < -0.39 is 0 Å². The van der Waals surface area contributed by atoms with Gasteiger partial charge in [0.2, 0.25) is 0 Å². The lowest BCUT2D eigenvalue weighted by atomic mass is 9.77. The van der Waals surface area contributed by atoms with Gasteiger partial charge in [0.15, 0.2) is 5.78 Å². The molecule has 37 heavy (non-hydrogen) atoms. The Morgan fingerprint density at radius 3 is 1.41 bits per heavy atom. The summed E-state index contributed by atoms with van der Waals surface area (Å²) < 4.78 is 0. The van der Waals surface area contributed by atoms with Crippen LogP contribution in [0, 0.1) is 0 Å². The summed E-state index contributed by atoms with van der Waals surface area (Å²) in [5.74, 6) is 0.467. The third-order valence-corrected chi connectivity index (χ3v) is 7.51. The third kappa shape index (κ3) is 6.40. The fourth-order valence-electron chi connectivity index (χ4n) is 5.35. The summed E-state index contributed by atoms with van der Waals surface area (Å²) in [7, 11) is 0. The van der Waals surface area contributed by atoms with Gasteiger partial charge >= 0.3 is 0 Å². The van der Waals surface area contributed by atoms with Crippen molar-refractivity contribution in [1.29, 1.82) is 0 Å². The Morgan fingerprint density at radius 1 is 0.622 bits per heavy atom. The maximum Gasteiger partial charge on any atom is 0.185 e. The molecular weight excluding hydrogens is 452 g/mol. The van der Waals surface area contributed by atoms with Gasteiger partial charge in [-0.2, -0.15) is 0 Å². The molecule has 3 nitrogen and oxygen atoms in total. The highest BCUT2D eigenvalue weighted by atomic mass is 16.1. The van der Waals surface area contributed by atoms with E-state index in [9.17, 15) is 4.79 Å². The fraction of sp³-hybridized carbons (Fsp3) is 0.324. The second kappa shape index (κ2) is 12.6. The Morgan fingerprint density at radius 2 is 1.03 bits per heavy atom. The van der Waals surface area contributed by atoms with Crippen molar-refractivity contribution in [2.24, 2.45) is 0 Å². The smallest absolute Gasteiger partial charge is 0.185 e. The van der Waals surface area contributed by atoms with Crippen LogP contribution >= 0.6 is 0 Å². The van der Waals surface area contributed by atoms with Crippen LogP contribution in [0.4, 0.5) is 11.4 Å². The predicted octanol–water partition coefficient (Wildman–Crippen LogP) is 7.99. The number of hydrogen-bond acceptors (Lipinski definition) is 3. The molecule has 0 radical (unpaired) electrons. The zero-order valence-electron chi connectivity index (χ0n) is 22.8. The standard InChI is InChI=1S/C34H40N2O/c1-5-35(6-2)32-18-14-26(15-19-32)22-30-24-29(28-12-10-9-11-13-28)25-31(34(30)37)23-27-16-20-33(21-17-27)36(7-3)8-4/h9-23,29H,5-8,24-25H2,1-4H3/b30-22-,31-23+. The predicted molar refractivity (Wildman–Crippen MR) is 159 cm³/mol. The largest absolute Gasteiger partial charge is 0.372 e. The van der Waals surface area contributed by atoms with Crippen LogP contribution in [-0.4, -0.2) is 32.0 Å². The van der Waals surface area contributed by atoms with Gasteiger partial charge in [0.25, 0.3) is 0 Å². The number of hydrogen-bond donors (Lipinski definition) is 0. The molecule has 1 fully saturated rings. The topological polar surface area (TPSA) is 23.6 Å². The Hall–Kier alpha value is -3.59. The summed E-state index contributed by atoms with van der Waals surface area (Å²) in [4.78, 5) is 18.4. The Balaban J connectivity index is 1.65. The average molecular weight is 493 g/mol. The van der Waals surface area contributed by atoms with E-state index >= 15 is 0 Å². The number of Topliss-reactive ketones (excluding diaryl/α,β-unsaturated/α-hetero) is 1. The molecule has 192 valence electrons. The monoisotopic (exact) mass is 492 g/mol. The molecule has 1 atom stereocenters. The van der Waals surface area contributed by atoms with Crippen LogP contribution in [0.2, 0.25) is 0 Å². The van der Waals surface area contributed by atoms with Crippen molar-refractivity contribution >= 4 is 29.3 Å². The third-order valence-electron chi connectivity index (χ3n) is 7.51. The zero-order valence-corrected chi connectivity index (χ0v) is 22.8. The van der Waals surface area contributed by atoms with Gasteiger partial charge in [-0.15, -0.1) is 0 Å². The zero-order chi connectivity index (χ0) is 26.2. The number of anilines is 2. The summed E-state index contributed by atoms with van der Waals surface area (Å²) in [6.45, 7) is 12.6. The van der Waals surface area contributed by atoms with E-state index in [1.54, 1.807) is 0 Å². The van der Waals surface area contributed by atoms with Crippen LogP contribution in [0.3, 0.4) is 0 Å². The van der Waals surface area contributed by atoms with Crippen molar-refractivity contribution in [2.45, 2.75) is 46.5 Å². The van der Waals surface area contributed by atoms with Gasteiger partial charge in [-0.1, -0.05) is 54.6 Å². The minimum Gasteiger partial charge on any atom is -0.372 e. The molecule has 3 heteroatoms. The van der Waals surface area contributed by atoms with Crippen molar-refractivity contribution in [3.05, 3.63) is 107 Å². The number of benzene rings is 3.